The number of nitrogens with zero attached hydrogens (tertiary/aromatic N) is 2. The number of nitrogens with two attached hydrogens (primary N) is 1. The van der Waals surface area contributed by atoms with E-state index in [1.165, 1.54) is 5.56 Å². The standard InChI is InChI=1S/C12H19N3/c1-9-3-4-12(14-7-9)15-6-5-10(2)11(13)8-15/h3-4,7,10-11H,5-6,8,13H2,1-2H3. The van der Waals surface area contributed by atoms with Crippen LogP contribution in [0.5, 0.6) is 0 Å². The van der Waals surface area contributed by atoms with Gasteiger partial charge >= 0.3 is 0 Å². The van der Waals surface area contributed by atoms with Crippen molar-refractivity contribution in [2.45, 2.75) is 26.3 Å². The molecule has 2 atom stereocenters. The molecule has 0 bridgehead atoms. The molecule has 0 aromatic carbocycles. The Morgan fingerprint density at radius 1 is 1.47 bits per heavy atom. The van der Waals surface area contributed by atoms with E-state index in [-0.39, 0.29) is 6.04 Å². The van der Waals surface area contributed by atoms with Crippen molar-refractivity contribution in [3.63, 3.8) is 0 Å². The minimum atomic E-state index is 0.279. The highest BCUT2D eigenvalue weighted by Crippen LogP contribution is 2.20. The highest BCUT2D eigenvalue weighted by Gasteiger charge is 2.23. The van der Waals surface area contributed by atoms with Crippen molar-refractivity contribution < 1.29 is 0 Å². The van der Waals surface area contributed by atoms with Gasteiger partial charge in [0.2, 0.25) is 0 Å². The van der Waals surface area contributed by atoms with E-state index in [0.29, 0.717) is 5.92 Å². The van der Waals surface area contributed by atoms with Gasteiger partial charge in [0, 0.05) is 25.3 Å². The first-order chi connectivity index (χ1) is 7.16. The van der Waals surface area contributed by atoms with E-state index in [4.69, 9.17) is 5.73 Å². The van der Waals surface area contributed by atoms with Crippen molar-refractivity contribution in [3.05, 3.63) is 23.9 Å². The molecular formula is C12H19N3. The molecule has 0 spiro atoms. The second-order valence-electron chi connectivity index (χ2n) is 4.57. The summed E-state index contributed by atoms with van der Waals surface area (Å²) in [5.74, 6) is 1.69. The minimum absolute atomic E-state index is 0.279. The van der Waals surface area contributed by atoms with Gasteiger partial charge in [0.25, 0.3) is 0 Å². The zero-order valence-corrected chi connectivity index (χ0v) is 9.48. The van der Waals surface area contributed by atoms with E-state index in [9.17, 15) is 0 Å². The molecule has 3 heteroatoms. The van der Waals surface area contributed by atoms with E-state index in [1.54, 1.807) is 0 Å². The molecule has 1 aromatic rings. The summed E-state index contributed by atoms with van der Waals surface area (Å²) in [5.41, 5.74) is 7.27. The van der Waals surface area contributed by atoms with Crippen molar-refractivity contribution in [1.82, 2.24) is 4.98 Å². The number of rotatable bonds is 1. The van der Waals surface area contributed by atoms with Crippen LogP contribution in [-0.4, -0.2) is 24.1 Å². The summed E-state index contributed by atoms with van der Waals surface area (Å²) in [6.07, 6.45) is 3.08. The van der Waals surface area contributed by atoms with Crippen LogP contribution in [-0.2, 0) is 0 Å². The smallest absolute Gasteiger partial charge is 0.128 e. The third-order valence-corrected chi connectivity index (χ3v) is 3.24. The minimum Gasteiger partial charge on any atom is -0.355 e. The Bertz CT molecular complexity index is 320. The van der Waals surface area contributed by atoms with Gasteiger partial charge in [0.1, 0.15) is 5.82 Å². The monoisotopic (exact) mass is 205 g/mol. The van der Waals surface area contributed by atoms with Gasteiger partial charge in [-0.3, -0.25) is 0 Å². The van der Waals surface area contributed by atoms with E-state index in [2.05, 4.69) is 35.9 Å². The Morgan fingerprint density at radius 2 is 2.27 bits per heavy atom. The number of aryl methyl sites for hydroxylation is 1. The molecule has 15 heavy (non-hydrogen) atoms. The number of pyridine rings is 1. The molecule has 3 nitrogen and oxygen atoms in total. The summed E-state index contributed by atoms with van der Waals surface area (Å²) in [6, 6.07) is 4.46. The number of hydrogen-bond donors (Lipinski definition) is 1. The van der Waals surface area contributed by atoms with Crippen molar-refractivity contribution in [3.8, 4) is 0 Å². The van der Waals surface area contributed by atoms with E-state index >= 15 is 0 Å². The first-order valence-electron chi connectivity index (χ1n) is 5.60. The molecule has 1 saturated heterocycles. The Kier molecular flexibility index (Phi) is 2.91. The largest absolute Gasteiger partial charge is 0.355 e. The summed E-state index contributed by atoms with van der Waals surface area (Å²) in [7, 11) is 0. The molecule has 1 fully saturated rings. The van der Waals surface area contributed by atoms with E-state index < -0.39 is 0 Å². The zero-order valence-electron chi connectivity index (χ0n) is 9.48. The van der Waals surface area contributed by atoms with E-state index in [1.807, 2.05) is 6.20 Å². The average Bonchev–Trinajstić information content (AvgIpc) is 2.23. The van der Waals surface area contributed by atoms with E-state index in [0.717, 1.165) is 25.3 Å². The first kappa shape index (κ1) is 10.4. The van der Waals surface area contributed by atoms with Crippen LogP contribution in [0.2, 0.25) is 0 Å². The molecule has 1 aliphatic rings. The Labute approximate surface area is 91.3 Å². The Morgan fingerprint density at radius 3 is 2.87 bits per heavy atom. The van der Waals surface area contributed by atoms with Crippen LogP contribution in [0.1, 0.15) is 18.9 Å². The van der Waals surface area contributed by atoms with Crippen molar-refractivity contribution in [2.24, 2.45) is 11.7 Å². The van der Waals surface area contributed by atoms with Gasteiger partial charge in [-0.05, 0) is 30.9 Å². The van der Waals surface area contributed by atoms with Gasteiger partial charge in [-0.2, -0.15) is 0 Å². The predicted molar refractivity (Wildman–Crippen MR) is 62.9 cm³/mol. The van der Waals surface area contributed by atoms with Crippen molar-refractivity contribution >= 4 is 5.82 Å². The summed E-state index contributed by atoms with van der Waals surface area (Å²) in [4.78, 5) is 6.71. The molecule has 0 amide bonds. The van der Waals surface area contributed by atoms with Crippen LogP contribution in [0.25, 0.3) is 0 Å². The highest BCUT2D eigenvalue weighted by atomic mass is 15.2. The molecule has 2 N–H and O–H groups in total. The van der Waals surface area contributed by atoms with Gasteiger partial charge in [0.15, 0.2) is 0 Å². The first-order valence-corrected chi connectivity index (χ1v) is 5.60. The fraction of sp³-hybridized carbons (Fsp3) is 0.583. The molecular weight excluding hydrogens is 186 g/mol. The number of aromatic nitrogens is 1. The normalized spacial score (nSPS) is 26.7. The van der Waals surface area contributed by atoms with Crippen LogP contribution in [0, 0.1) is 12.8 Å². The summed E-state index contributed by atoms with van der Waals surface area (Å²) in [5, 5.41) is 0. The lowest BCUT2D eigenvalue weighted by atomic mass is 9.94. The number of anilines is 1. The molecule has 82 valence electrons. The lowest BCUT2D eigenvalue weighted by molar-refractivity contribution is 0.378. The molecule has 0 aliphatic carbocycles. The topological polar surface area (TPSA) is 42.1 Å². The van der Waals surface area contributed by atoms with Gasteiger partial charge in [0.05, 0.1) is 0 Å². The van der Waals surface area contributed by atoms with Gasteiger partial charge in [-0.1, -0.05) is 13.0 Å². The number of piperidine rings is 1. The van der Waals surface area contributed by atoms with Crippen LogP contribution in [0.15, 0.2) is 18.3 Å². The quantitative estimate of drug-likeness (QED) is 0.756. The van der Waals surface area contributed by atoms with Crippen LogP contribution in [0.3, 0.4) is 0 Å². The molecule has 1 aromatic heterocycles. The SMILES string of the molecule is Cc1ccc(N2CCC(C)C(N)C2)nc1. The lowest BCUT2D eigenvalue weighted by Gasteiger charge is -2.35. The van der Waals surface area contributed by atoms with Crippen LogP contribution >= 0.6 is 0 Å². The average molecular weight is 205 g/mol. The van der Waals surface area contributed by atoms with Crippen molar-refractivity contribution in [1.29, 1.82) is 0 Å². The maximum atomic E-state index is 6.07. The zero-order chi connectivity index (χ0) is 10.8. The fourth-order valence-electron chi connectivity index (χ4n) is 1.95. The highest BCUT2D eigenvalue weighted by molar-refractivity contribution is 5.40. The molecule has 1 aliphatic heterocycles. The summed E-state index contributed by atoms with van der Waals surface area (Å²) < 4.78 is 0. The maximum absolute atomic E-state index is 6.07. The predicted octanol–water partition coefficient (Wildman–Crippen LogP) is 1.56. The molecule has 2 unspecified atom stereocenters. The van der Waals surface area contributed by atoms with Gasteiger partial charge < -0.3 is 10.6 Å². The second kappa shape index (κ2) is 4.19. The molecule has 0 saturated carbocycles. The molecule has 2 rings (SSSR count). The maximum Gasteiger partial charge on any atom is 0.128 e. The Hall–Kier alpha value is -1.09. The third kappa shape index (κ3) is 2.29. The van der Waals surface area contributed by atoms with Gasteiger partial charge in [-0.15, -0.1) is 0 Å². The fourth-order valence-corrected chi connectivity index (χ4v) is 1.95. The second-order valence-corrected chi connectivity index (χ2v) is 4.57. The third-order valence-electron chi connectivity index (χ3n) is 3.24. The summed E-state index contributed by atoms with van der Waals surface area (Å²) in [6.45, 7) is 6.29. The lowest BCUT2D eigenvalue weighted by Crippen LogP contribution is -2.47. The summed E-state index contributed by atoms with van der Waals surface area (Å²) >= 11 is 0. The number of hydrogen-bond acceptors (Lipinski definition) is 3. The molecule has 0 radical (unpaired) electrons. The van der Waals surface area contributed by atoms with Crippen LogP contribution in [0.4, 0.5) is 5.82 Å². The van der Waals surface area contributed by atoms with Crippen LogP contribution < -0.4 is 10.6 Å². The molecule has 2 heterocycles. The van der Waals surface area contributed by atoms with Crippen molar-refractivity contribution in [2.75, 3.05) is 18.0 Å². The Balaban J connectivity index is 2.08. The van der Waals surface area contributed by atoms with Gasteiger partial charge in [-0.25, -0.2) is 4.98 Å².